The van der Waals surface area contributed by atoms with Crippen LogP contribution in [-0.4, -0.2) is 23.9 Å². The molecule has 1 aromatic carbocycles. The lowest BCUT2D eigenvalue weighted by Crippen LogP contribution is -2.33. The number of carbonyl (C=O) groups excluding carboxylic acids is 1. The molecule has 0 aliphatic heterocycles. The molecule has 0 saturated carbocycles. The number of halogens is 2. The third-order valence-electron chi connectivity index (χ3n) is 2.47. The molecule has 4 heteroatoms. The molecule has 0 saturated heterocycles. The predicted molar refractivity (Wildman–Crippen MR) is 65.8 cm³/mol. The predicted octanol–water partition coefficient (Wildman–Crippen LogP) is 2.38. The second kappa shape index (κ2) is 6.75. The molecule has 1 aromatic rings. The molecule has 0 heterocycles. The number of rotatable bonds is 5. The molecule has 0 N–H and O–H groups in total. The first-order valence-electron chi connectivity index (χ1n) is 5.73. The van der Waals surface area contributed by atoms with Crippen molar-refractivity contribution in [3.63, 3.8) is 0 Å². The molecule has 2 nitrogen and oxygen atoms in total. The van der Waals surface area contributed by atoms with Crippen molar-refractivity contribution in [1.29, 1.82) is 0 Å². The third-order valence-corrected chi connectivity index (χ3v) is 2.47. The molecule has 18 heavy (non-hydrogen) atoms. The smallest absolute Gasteiger partial charge is 0.227 e. The summed E-state index contributed by atoms with van der Waals surface area (Å²) in [5, 5.41) is 0. The molecule has 0 aliphatic carbocycles. The summed E-state index contributed by atoms with van der Waals surface area (Å²) in [6, 6.07) is 3.45. The highest BCUT2D eigenvalue weighted by Gasteiger charge is 2.13. The Morgan fingerprint density at radius 2 is 2.11 bits per heavy atom. The number of carbonyl (C=O) groups is 1. The van der Waals surface area contributed by atoms with Crippen molar-refractivity contribution in [3.8, 4) is 12.3 Å². The number of benzene rings is 1. The maximum absolute atomic E-state index is 13.0. The first-order chi connectivity index (χ1) is 8.58. The second-order valence-electron chi connectivity index (χ2n) is 3.94. The van der Waals surface area contributed by atoms with Crippen molar-refractivity contribution in [3.05, 3.63) is 35.4 Å². The highest BCUT2D eigenvalue weighted by molar-refractivity contribution is 5.79. The zero-order valence-electron chi connectivity index (χ0n) is 10.2. The number of terminal acetylenes is 1. The minimum atomic E-state index is -0.945. The van der Waals surface area contributed by atoms with Crippen molar-refractivity contribution >= 4 is 5.91 Å². The summed E-state index contributed by atoms with van der Waals surface area (Å²) in [5.41, 5.74) is 0.442. The zero-order chi connectivity index (χ0) is 13.5. The van der Waals surface area contributed by atoms with Crippen LogP contribution in [0.25, 0.3) is 0 Å². The van der Waals surface area contributed by atoms with Gasteiger partial charge in [0.05, 0.1) is 13.0 Å². The van der Waals surface area contributed by atoms with E-state index in [2.05, 4.69) is 5.92 Å². The molecular weight excluding hydrogens is 236 g/mol. The van der Waals surface area contributed by atoms with Crippen LogP contribution in [0.1, 0.15) is 18.9 Å². The summed E-state index contributed by atoms with van der Waals surface area (Å²) in [5.74, 6) is 0.369. The average Bonchev–Trinajstić information content (AvgIpc) is 2.33. The van der Waals surface area contributed by atoms with Gasteiger partial charge in [-0.1, -0.05) is 18.9 Å². The van der Waals surface area contributed by atoms with Crippen LogP contribution >= 0.6 is 0 Å². The Balaban J connectivity index is 2.73. The quantitative estimate of drug-likeness (QED) is 0.736. The van der Waals surface area contributed by atoms with E-state index in [-0.39, 0.29) is 18.9 Å². The maximum Gasteiger partial charge on any atom is 0.227 e. The van der Waals surface area contributed by atoms with Gasteiger partial charge in [0.15, 0.2) is 11.6 Å². The molecule has 0 radical (unpaired) electrons. The van der Waals surface area contributed by atoms with E-state index < -0.39 is 11.6 Å². The van der Waals surface area contributed by atoms with Gasteiger partial charge in [0.2, 0.25) is 5.91 Å². The standard InChI is InChI=1S/C14H15F2NO/c1-3-7-17(8-4-2)14(18)10-11-5-6-12(15)13(16)9-11/h1,5-6,9H,4,7-8,10H2,2H3. The lowest BCUT2D eigenvalue weighted by Gasteiger charge is -2.19. The van der Waals surface area contributed by atoms with Crippen LogP contribution < -0.4 is 0 Å². The van der Waals surface area contributed by atoms with Crippen LogP contribution in [0.4, 0.5) is 8.78 Å². The van der Waals surface area contributed by atoms with Gasteiger partial charge in [-0.15, -0.1) is 6.42 Å². The third kappa shape index (κ3) is 3.85. The minimum absolute atomic E-state index is 0.0267. The Bertz CT molecular complexity index is 465. The van der Waals surface area contributed by atoms with Gasteiger partial charge in [0, 0.05) is 6.54 Å². The normalized spacial score (nSPS) is 9.89. The summed E-state index contributed by atoms with van der Waals surface area (Å²) in [7, 11) is 0. The minimum Gasteiger partial charge on any atom is -0.331 e. The molecule has 0 aliphatic rings. The van der Waals surface area contributed by atoms with Crippen LogP contribution in [0.2, 0.25) is 0 Å². The molecule has 96 valence electrons. The zero-order valence-corrected chi connectivity index (χ0v) is 10.2. The molecular formula is C14H15F2NO. The van der Waals surface area contributed by atoms with E-state index in [4.69, 9.17) is 6.42 Å². The Labute approximate surface area is 106 Å². The fourth-order valence-electron chi connectivity index (χ4n) is 1.61. The first kappa shape index (κ1) is 14.2. The lowest BCUT2D eigenvalue weighted by molar-refractivity contribution is -0.129. The number of amides is 1. The molecule has 1 rings (SSSR count). The van der Waals surface area contributed by atoms with Gasteiger partial charge in [0.1, 0.15) is 0 Å². The SMILES string of the molecule is C#CCN(CCC)C(=O)Cc1ccc(F)c(F)c1. The van der Waals surface area contributed by atoms with E-state index in [1.807, 2.05) is 6.92 Å². The van der Waals surface area contributed by atoms with Crippen LogP contribution in [0.3, 0.4) is 0 Å². The number of nitrogens with zero attached hydrogens (tertiary/aromatic N) is 1. The number of hydrogen-bond donors (Lipinski definition) is 0. The topological polar surface area (TPSA) is 20.3 Å². The van der Waals surface area contributed by atoms with E-state index in [0.717, 1.165) is 18.6 Å². The summed E-state index contributed by atoms with van der Waals surface area (Å²) in [6.45, 7) is 2.73. The van der Waals surface area contributed by atoms with Gasteiger partial charge in [-0.2, -0.15) is 0 Å². The second-order valence-corrected chi connectivity index (χ2v) is 3.94. The van der Waals surface area contributed by atoms with E-state index >= 15 is 0 Å². The summed E-state index contributed by atoms with van der Waals surface area (Å²) >= 11 is 0. The van der Waals surface area contributed by atoms with Crippen LogP contribution in [-0.2, 0) is 11.2 Å². The van der Waals surface area contributed by atoms with Gasteiger partial charge in [0.25, 0.3) is 0 Å². The molecule has 0 bridgehead atoms. The van der Waals surface area contributed by atoms with Crippen molar-refractivity contribution < 1.29 is 13.6 Å². The van der Waals surface area contributed by atoms with E-state index in [1.54, 1.807) is 0 Å². The van der Waals surface area contributed by atoms with Crippen LogP contribution in [0.15, 0.2) is 18.2 Å². The summed E-state index contributed by atoms with van der Waals surface area (Å²) in [6.07, 6.45) is 6.00. The maximum atomic E-state index is 13.0. The highest BCUT2D eigenvalue weighted by Crippen LogP contribution is 2.10. The molecule has 1 amide bonds. The fourth-order valence-corrected chi connectivity index (χ4v) is 1.61. The van der Waals surface area contributed by atoms with Gasteiger partial charge in [-0.05, 0) is 24.1 Å². The first-order valence-corrected chi connectivity index (χ1v) is 5.73. The lowest BCUT2D eigenvalue weighted by atomic mass is 10.1. The van der Waals surface area contributed by atoms with Gasteiger partial charge in [-0.3, -0.25) is 4.79 Å². The van der Waals surface area contributed by atoms with Crippen LogP contribution in [0.5, 0.6) is 0 Å². The molecule has 0 aromatic heterocycles. The van der Waals surface area contributed by atoms with Crippen molar-refractivity contribution in [2.24, 2.45) is 0 Å². The average molecular weight is 251 g/mol. The fraction of sp³-hybridized carbons (Fsp3) is 0.357. The van der Waals surface area contributed by atoms with Crippen molar-refractivity contribution in [1.82, 2.24) is 4.90 Å². The summed E-state index contributed by atoms with van der Waals surface area (Å²) < 4.78 is 25.7. The monoisotopic (exact) mass is 251 g/mol. The van der Waals surface area contributed by atoms with Gasteiger partial charge in [-0.25, -0.2) is 8.78 Å². The highest BCUT2D eigenvalue weighted by atomic mass is 19.2. The molecule has 0 fully saturated rings. The Morgan fingerprint density at radius 1 is 1.39 bits per heavy atom. The Morgan fingerprint density at radius 3 is 2.67 bits per heavy atom. The van der Waals surface area contributed by atoms with Crippen molar-refractivity contribution in [2.45, 2.75) is 19.8 Å². The van der Waals surface area contributed by atoms with Gasteiger partial charge >= 0.3 is 0 Å². The largest absolute Gasteiger partial charge is 0.331 e. The molecule has 0 spiro atoms. The molecule has 0 atom stereocenters. The van der Waals surface area contributed by atoms with Crippen LogP contribution in [0, 0.1) is 24.0 Å². The molecule has 0 unspecified atom stereocenters. The van der Waals surface area contributed by atoms with E-state index in [1.165, 1.54) is 11.0 Å². The van der Waals surface area contributed by atoms with E-state index in [9.17, 15) is 13.6 Å². The number of hydrogen-bond acceptors (Lipinski definition) is 1. The Hall–Kier alpha value is -1.89. The Kier molecular flexibility index (Phi) is 5.31. The van der Waals surface area contributed by atoms with Crippen molar-refractivity contribution in [2.75, 3.05) is 13.1 Å². The summed E-state index contributed by atoms with van der Waals surface area (Å²) in [4.78, 5) is 13.4. The van der Waals surface area contributed by atoms with Gasteiger partial charge < -0.3 is 4.90 Å². The van der Waals surface area contributed by atoms with E-state index in [0.29, 0.717) is 12.1 Å².